The van der Waals surface area contributed by atoms with Crippen molar-refractivity contribution in [2.24, 2.45) is 5.92 Å². The maximum absolute atomic E-state index is 12.3. The summed E-state index contributed by atoms with van der Waals surface area (Å²) in [6.07, 6.45) is 4.12. The average Bonchev–Trinajstić information content (AvgIpc) is 3.31. The summed E-state index contributed by atoms with van der Waals surface area (Å²) in [6.45, 7) is 2.15. The van der Waals surface area contributed by atoms with Crippen molar-refractivity contribution in [3.8, 4) is 17.0 Å². The fourth-order valence-corrected chi connectivity index (χ4v) is 3.58. The second kappa shape index (κ2) is 6.01. The van der Waals surface area contributed by atoms with E-state index in [4.69, 9.17) is 9.47 Å². The van der Waals surface area contributed by atoms with E-state index < -0.39 is 0 Å². The number of hydrogen-bond donors (Lipinski definition) is 1. The summed E-state index contributed by atoms with van der Waals surface area (Å²) in [5.74, 6) is 1.12. The van der Waals surface area contributed by atoms with Crippen LogP contribution in [0, 0.1) is 5.92 Å². The Kier molecular flexibility index (Phi) is 3.51. The largest absolute Gasteiger partial charge is 0.493 e. The molecule has 7 heteroatoms. The molecule has 1 saturated heterocycles. The molecule has 7 nitrogen and oxygen atoms in total. The Hall–Kier alpha value is -3.09. The van der Waals surface area contributed by atoms with Gasteiger partial charge in [0.2, 0.25) is 0 Å². The molecule has 1 atom stereocenters. The van der Waals surface area contributed by atoms with Crippen LogP contribution in [-0.2, 0) is 11.3 Å². The number of ether oxygens (including phenoxy) is 2. The molecule has 0 aliphatic carbocycles. The van der Waals surface area contributed by atoms with Gasteiger partial charge in [0, 0.05) is 47.9 Å². The van der Waals surface area contributed by atoms with Crippen LogP contribution in [0.15, 0.2) is 36.7 Å². The van der Waals surface area contributed by atoms with Crippen molar-refractivity contribution in [3.05, 3.63) is 42.2 Å². The summed E-state index contributed by atoms with van der Waals surface area (Å²) in [6, 6.07) is 7.88. The summed E-state index contributed by atoms with van der Waals surface area (Å²) < 4.78 is 11.5. The molecule has 2 aromatic heterocycles. The Labute approximate surface area is 149 Å². The van der Waals surface area contributed by atoms with Gasteiger partial charge in [0.25, 0.3) is 0 Å². The third kappa shape index (κ3) is 2.65. The first-order valence-electron chi connectivity index (χ1n) is 8.73. The number of pyridine rings is 1. The predicted octanol–water partition coefficient (Wildman–Crippen LogP) is 2.98. The van der Waals surface area contributed by atoms with Crippen molar-refractivity contribution >= 4 is 17.0 Å². The normalized spacial score (nSPS) is 19.8. The van der Waals surface area contributed by atoms with Crippen molar-refractivity contribution in [1.82, 2.24) is 20.1 Å². The SMILES string of the molecule is O=C1OCc2cncc(c2)-c2n[nH]c3ccc(cc23)OCC2CCN1C2. The number of benzene rings is 1. The number of nitrogens with zero attached hydrogens (tertiary/aromatic N) is 3. The van der Waals surface area contributed by atoms with E-state index in [9.17, 15) is 4.79 Å². The van der Waals surface area contributed by atoms with E-state index in [0.717, 1.165) is 39.9 Å². The van der Waals surface area contributed by atoms with Crippen molar-refractivity contribution in [1.29, 1.82) is 0 Å². The van der Waals surface area contributed by atoms with E-state index in [2.05, 4.69) is 15.2 Å². The first-order valence-corrected chi connectivity index (χ1v) is 8.73. The Balaban J connectivity index is 1.59. The van der Waals surface area contributed by atoms with E-state index >= 15 is 0 Å². The number of amides is 1. The molecule has 4 heterocycles. The molecule has 2 aliphatic rings. The van der Waals surface area contributed by atoms with Crippen LogP contribution in [-0.4, -0.2) is 45.9 Å². The van der Waals surface area contributed by atoms with Gasteiger partial charge in [-0.25, -0.2) is 4.79 Å². The molecule has 1 unspecified atom stereocenters. The molecule has 6 bridgehead atoms. The highest BCUT2D eigenvalue weighted by atomic mass is 16.6. The fourth-order valence-electron chi connectivity index (χ4n) is 3.58. The van der Waals surface area contributed by atoms with Gasteiger partial charge in [-0.15, -0.1) is 0 Å². The van der Waals surface area contributed by atoms with Crippen molar-refractivity contribution in [3.63, 3.8) is 0 Å². The Morgan fingerprint density at radius 3 is 3.12 bits per heavy atom. The molecule has 0 spiro atoms. The molecule has 1 fully saturated rings. The number of aromatic nitrogens is 3. The minimum Gasteiger partial charge on any atom is -0.493 e. The molecular weight excluding hydrogens is 332 g/mol. The molecule has 2 aliphatic heterocycles. The molecule has 1 amide bonds. The zero-order valence-electron chi connectivity index (χ0n) is 14.1. The van der Waals surface area contributed by atoms with Crippen LogP contribution in [0.2, 0.25) is 0 Å². The summed E-state index contributed by atoms with van der Waals surface area (Å²) in [4.78, 5) is 18.3. The molecule has 0 radical (unpaired) electrons. The summed E-state index contributed by atoms with van der Waals surface area (Å²) in [5, 5.41) is 8.48. The van der Waals surface area contributed by atoms with Gasteiger partial charge in [0.05, 0.1) is 12.1 Å². The van der Waals surface area contributed by atoms with Gasteiger partial charge in [-0.3, -0.25) is 10.1 Å². The van der Waals surface area contributed by atoms with Crippen LogP contribution in [0.1, 0.15) is 12.0 Å². The number of cyclic esters (lactones) is 1. The number of hydrogen-bond acceptors (Lipinski definition) is 5. The van der Waals surface area contributed by atoms with Crippen LogP contribution >= 0.6 is 0 Å². The third-order valence-electron chi connectivity index (χ3n) is 4.99. The smallest absolute Gasteiger partial charge is 0.410 e. The number of rotatable bonds is 0. The monoisotopic (exact) mass is 350 g/mol. The maximum atomic E-state index is 12.3. The molecule has 132 valence electrons. The van der Waals surface area contributed by atoms with E-state index in [0.29, 0.717) is 25.6 Å². The minimum absolute atomic E-state index is 0.199. The molecule has 1 aromatic carbocycles. The molecule has 5 rings (SSSR count). The Morgan fingerprint density at radius 2 is 2.15 bits per heavy atom. The topological polar surface area (TPSA) is 80.3 Å². The van der Waals surface area contributed by atoms with Crippen molar-refractivity contribution in [2.75, 3.05) is 19.7 Å². The van der Waals surface area contributed by atoms with E-state index in [1.54, 1.807) is 17.3 Å². The molecule has 1 N–H and O–H groups in total. The van der Waals surface area contributed by atoms with Gasteiger partial charge >= 0.3 is 6.09 Å². The zero-order chi connectivity index (χ0) is 17.5. The highest BCUT2D eigenvalue weighted by Crippen LogP contribution is 2.30. The number of aromatic amines is 1. The highest BCUT2D eigenvalue weighted by Gasteiger charge is 2.28. The van der Waals surface area contributed by atoms with Crippen LogP contribution < -0.4 is 4.74 Å². The molecular formula is C19H18N4O3. The number of fused-ring (bicyclic) bond motifs is 6. The zero-order valence-corrected chi connectivity index (χ0v) is 14.1. The van der Waals surface area contributed by atoms with E-state index in [1.165, 1.54) is 0 Å². The quantitative estimate of drug-likeness (QED) is 0.674. The van der Waals surface area contributed by atoms with E-state index in [-0.39, 0.29) is 12.7 Å². The first kappa shape index (κ1) is 15.2. The number of carbonyl (C=O) groups is 1. The number of nitrogens with one attached hydrogen (secondary N) is 1. The third-order valence-corrected chi connectivity index (χ3v) is 4.99. The Bertz CT molecular complexity index is 984. The first-order chi connectivity index (χ1) is 12.8. The van der Waals surface area contributed by atoms with Gasteiger partial charge < -0.3 is 14.4 Å². The van der Waals surface area contributed by atoms with Gasteiger partial charge in [-0.1, -0.05) is 0 Å². The Morgan fingerprint density at radius 1 is 1.19 bits per heavy atom. The lowest BCUT2D eigenvalue weighted by atomic mass is 10.1. The standard InChI is InChI=1S/C19H18N4O3/c24-19-23-4-3-12(9-23)10-25-15-1-2-17-16(6-15)18(22-21-17)14-5-13(11-26-19)7-20-8-14/h1-2,5-8,12H,3-4,9-11H2,(H,21,22). The summed E-state index contributed by atoms with van der Waals surface area (Å²) in [5.41, 5.74) is 3.47. The number of H-pyrrole nitrogens is 1. The lowest BCUT2D eigenvalue weighted by Gasteiger charge is -2.16. The van der Waals surface area contributed by atoms with Gasteiger partial charge in [0.15, 0.2) is 0 Å². The summed E-state index contributed by atoms with van der Waals surface area (Å²) >= 11 is 0. The lowest BCUT2D eigenvalue weighted by Crippen LogP contribution is -2.30. The highest BCUT2D eigenvalue weighted by molar-refractivity contribution is 5.93. The maximum Gasteiger partial charge on any atom is 0.410 e. The second-order valence-corrected chi connectivity index (χ2v) is 6.83. The van der Waals surface area contributed by atoms with Crippen LogP contribution in [0.5, 0.6) is 5.75 Å². The van der Waals surface area contributed by atoms with Crippen LogP contribution in [0.25, 0.3) is 22.2 Å². The lowest BCUT2D eigenvalue weighted by molar-refractivity contribution is 0.102. The van der Waals surface area contributed by atoms with Gasteiger partial charge in [0.1, 0.15) is 18.1 Å². The van der Waals surface area contributed by atoms with Gasteiger partial charge in [-0.05, 0) is 30.7 Å². The summed E-state index contributed by atoms with van der Waals surface area (Å²) in [7, 11) is 0. The molecule has 3 aromatic rings. The van der Waals surface area contributed by atoms with Crippen molar-refractivity contribution < 1.29 is 14.3 Å². The minimum atomic E-state index is -0.282. The molecule has 0 saturated carbocycles. The van der Waals surface area contributed by atoms with Gasteiger partial charge in [-0.2, -0.15) is 5.10 Å². The number of carbonyl (C=O) groups excluding carboxylic acids is 1. The van der Waals surface area contributed by atoms with Crippen LogP contribution in [0.3, 0.4) is 0 Å². The predicted molar refractivity (Wildman–Crippen MR) is 94.7 cm³/mol. The average molecular weight is 350 g/mol. The fraction of sp³-hybridized carbons (Fsp3) is 0.316. The molecule has 26 heavy (non-hydrogen) atoms. The van der Waals surface area contributed by atoms with Crippen molar-refractivity contribution in [2.45, 2.75) is 13.0 Å². The van der Waals surface area contributed by atoms with E-state index in [1.807, 2.05) is 24.3 Å². The second-order valence-electron chi connectivity index (χ2n) is 6.83. The van der Waals surface area contributed by atoms with Crippen LogP contribution in [0.4, 0.5) is 4.79 Å².